The third kappa shape index (κ3) is 2.68. The Labute approximate surface area is 130 Å². The number of carbonyl (C=O) groups excluding carboxylic acids is 1. The van der Waals surface area contributed by atoms with Crippen LogP contribution in [0.25, 0.3) is 0 Å². The predicted octanol–water partition coefficient (Wildman–Crippen LogP) is 0.297. The quantitative estimate of drug-likeness (QED) is 0.677. The summed E-state index contributed by atoms with van der Waals surface area (Å²) >= 11 is 0. The van der Waals surface area contributed by atoms with Crippen LogP contribution >= 0.6 is 0 Å². The van der Waals surface area contributed by atoms with Crippen molar-refractivity contribution in [1.29, 1.82) is 0 Å². The molecule has 7 heteroatoms. The van der Waals surface area contributed by atoms with Gasteiger partial charge in [-0.2, -0.15) is 0 Å². The van der Waals surface area contributed by atoms with Gasteiger partial charge in [0.05, 0.1) is 18.3 Å². The maximum Gasteiger partial charge on any atom is 0.208 e. The number of hydrogen-bond donors (Lipinski definition) is 3. The fourth-order valence-electron chi connectivity index (χ4n) is 3.44. The van der Waals surface area contributed by atoms with E-state index in [1.165, 1.54) is 0 Å². The SMILES string of the molecule is Nc1ccc(N2CCCC2CO)nc1N1CCCC1NC=O. The van der Waals surface area contributed by atoms with Crippen molar-refractivity contribution < 1.29 is 9.90 Å². The molecule has 0 saturated carbocycles. The molecule has 2 atom stereocenters. The van der Waals surface area contributed by atoms with Crippen molar-refractivity contribution in [3.05, 3.63) is 12.1 Å². The number of carbonyl (C=O) groups is 1. The molecule has 0 radical (unpaired) electrons. The van der Waals surface area contributed by atoms with Crippen LogP contribution in [0.5, 0.6) is 0 Å². The lowest BCUT2D eigenvalue weighted by Crippen LogP contribution is -2.41. The monoisotopic (exact) mass is 305 g/mol. The Morgan fingerprint density at radius 1 is 1.32 bits per heavy atom. The van der Waals surface area contributed by atoms with Gasteiger partial charge in [-0.25, -0.2) is 4.98 Å². The van der Waals surface area contributed by atoms with Gasteiger partial charge < -0.3 is 26.0 Å². The Morgan fingerprint density at radius 3 is 2.86 bits per heavy atom. The molecule has 7 nitrogen and oxygen atoms in total. The van der Waals surface area contributed by atoms with Crippen molar-refractivity contribution in [3.63, 3.8) is 0 Å². The van der Waals surface area contributed by atoms with E-state index in [4.69, 9.17) is 10.7 Å². The van der Waals surface area contributed by atoms with Crippen molar-refractivity contribution in [3.8, 4) is 0 Å². The number of anilines is 3. The largest absolute Gasteiger partial charge is 0.396 e. The minimum Gasteiger partial charge on any atom is -0.396 e. The molecule has 2 fully saturated rings. The highest BCUT2D eigenvalue weighted by atomic mass is 16.3. The number of rotatable bonds is 5. The van der Waals surface area contributed by atoms with Crippen molar-refractivity contribution in [2.24, 2.45) is 0 Å². The number of amides is 1. The molecule has 22 heavy (non-hydrogen) atoms. The maximum atomic E-state index is 10.8. The van der Waals surface area contributed by atoms with E-state index < -0.39 is 0 Å². The summed E-state index contributed by atoms with van der Waals surface area (Å²) in [4.78, 5) is 19.7. The van der Waals surface area contributed by atoms with E-state index in [-0.39, 0.29) is 18.8 Å². The number of aromatic nitrogens is 1. The van der Waals surface area contributed by atoms with Crippen molar-refractivity contribution in [1.82, 2.24) is 10.3 Å². The van der Waals surface area contributed by atoms with E-state index in [2.05, 4.69) is 15.1 Å². The van der Waals surface area contributed by atoms with Crippen LogP contribution < -0.4 is 20.9 Å². The number of nitrogens with one attached hydrogen (secondary N) is 1. The zero-order valence-electron chi connectivity index (χ0n) is 12.6. The molecule has 2 unspecified atom stereocenters. The molecule has 1 aromatic rings. The van der Waals surface area contributed by atoms with Crippen LogP contribution in [0.15, 0.2) is 12.1 Å². The summed E-state index contributed by atoms with van der Waals surface area (Å²) in [5.41, 5.74) is 6.72. The lowest BCUT2D eigenvalue weighted by Gasteiger charge is -2.29. The third-order valence-corrected chi connectivity index (χ3v) is 4.56. The standard InChI is InChI=1S/C15H23N5O2/c16-12-5-6-14(19-7-1-3-11(19)9-21)18-15(12)20-8-2-4-13(20)17-10-22/h5-6,10-11,13,21H,1-4,7-9,16H2,(H,17,22). The molecule has 120 valence electrons. The minimum absolute atomic E-state index is 0.0465. The van der Waals surface area contributed by atoms with Gasteiger partial charge in [0.1, 0.15) is 12.0 Å². The fourth-order valence-corrected chi connectivity index (χ4v) is 3.44. The number of aliphatic hydroxyl groups excluding tert-OH is 1. The number of hydrogen-bond acceptors (Lipinski definition) is 6. The van der Waals surface area contributed by atoms with Gasteiger partial charge in [-0.3, -0.25) is 4.79 Å². The number of aliphatic hydroxyl groups is 1. The second-order valence-electron chi connectivity index (χ2n) is 5.89. The van der Waals surface area contributed by atoms with Gasteiger partial charge in [-0.05, 0) is 37.8 Å². The Bertz CT molecular complexity index is 539. The van der Waals surface area contributed by atoms with Gasteiger partial charge in [0.2, 0.25) is 6.41 Å². The molecule has 3 rings (SSSR count). The lowest BCUT2D eigenvalue weighted by atomic mass is 10.2. The van der Waals surface area contributed by atoms with Crippen molar-refractivity contribution >= 4 is 23.7 Å². The van der Waals surface area contributed by atoms with E-state index in [1.807, 2.05) is 12.1 Å². The van der Waals surface area contributed by atoms with Gasteiger partial charge in [0.25, 0.3) is 0 Å². The summed E-state index contributed by atoms with van der Waals surface area (Å²) in [5.74, 6) is 1.57. The molecule has 1 aromatic heterocycles. The van der Waals surface area contributed by atoms with E-state index in [0.29, 0.717) is 5.69 Å². The predicted molar refractivity (Wildman–Crippen MR) is 85.7 cm³/mol. The number of pyridine rings is 1. The first-order valence-corrected chi connectivity index (χ1v) is 7.85. The Morgan fingerprint density at radius 2 is 2.09 bits per heavy atom. The first-order valence-electron chi connectivity index (χ1n) is 7.85. The Kier molecular flexibility index (Phi) is 4.33. The van der Waals surface area contributed by atoms with Gasteiger partial charge >= 0.3 is 0 Å². The topological polar surface area (TPSA) is 94.7 Å². The van der Waals surface area contributed by atoms with Crippen LogP contribution in [0.4, 0.5) is 17.3 Å². The summed E-state index contributed by atoms with van der Waals surface area (Å²) in [5, 5.41) is 12.3. The van der Waals surface area contributed by atoms with Gasteiger partial charge in [-0.1, -0.05) is 0 Å². The Hall–Kier alpha value is -2.02. The summed E-state index contributed by atoms with van der Waals surface area (Å²) in [6.07, 6.45) is 4.62. The highest BCUT2D eigenvalue weighted by Crippen LogP contribution is 2.32. The van der Waals surface area contributed by atoms with E-state index in [9.17, 15) is 9.90 Å². The molecular weight excluding hydrogens is 282 g/mol. The van der Waals surface area contributed by atoms with Crippen molar-refractivity contribution in [2.45, 2.75) is 37.9 Å². The minimum atomic E-state index is -0.0465. The number of nitrogens with zero attached hydrogens (tertiary/aromatic N) is 3. The average Bonchev–Trinajstić information content (AvgIpc) is 3.17. The van der Waals surface area contributed by atoms with Crippen LogP contribution in [0, 0.1) is 0 Å². The molecule has 4 N–H and O–H groups in total. The smallest absolute Gasteiger partial charge is 0.208 e. The molecule has 0 aliphatic carbocycles. The number of nitrogens with two attached hydrogens (primary N) is 1. The summed E-state index contributed by atoms with van der Waals surface area (Å²) < 4.78 is 0. The second kappa shape index (κ2) is 6.39. The molecule has 3 heterocycles. The second-order valence-corrected chi connectivity index (χ2v) is 5.89. The number of nitrogen functional groups attached to an aromatic ring is 1. The summed E-state index contributed by atoms with van der Waals surface area (Å²) in [7, 11) is 0. The molecule has 0 spiro atoms. The fraction of sp³-hybridized carbons (Fsp3) is 0.600. The normalized spacial score (nSPS) is 24.8. The highest BCUT2D eigenvalue weighted by molar-refractivity contribution is 5.67. The first kappa shape index (κ1) is 14.9. The summed E-state index contributed by atoms with van der Waals surface area (Å²) in [6, 6.07) is 3.90. The van der Waals surface area contributed by atoms with Gasteiger partial charge in [-0.15, -0.1) is 0 Å². The van der Waals surface area contributed by atoms with Gasteiger partial charge in [0.15, 0.2) is 5.82 Å². The maximum absolute atomic E-state index is 10.8. The molecular formula is C15H23N5O2. The Balaban J connectivity index is 1.88. The molecule has 2 aliphatic rings. The molecule has 0 aromatic carbocycles. The molecule has 2 saturated heterocycles. The first-order chi connectivity index (χ1) is 10.7. The third-order valence-electron chi connectivity index (χ3n) is 4.56. The van der Waals surface area contributed by atoms with E-state index in [1.54, 1.807) is 0 Å². The molecule has 1 amide bonds. The molecule has 0 bridgehead atoms. The van der Waals surface area contributed by atoms with E-state index >= 15 is 0 Å². The van der Waals surface area contributed by atoms with Gasteiger partial charge in [0, 0.05) is 13.1 Å². The van der Waals surface area contributed by atoms with Crippen LogP contribution in [-0.2, 0) is 4.79 Å². The zero-order valence-corrected chi connectivity index (χ0v) is 12.6. The zero-order chi connectivity index (χ0) is 15.5. The van der Waals surface area contributed by atoms with Crippen LogP contribution in [0.3, 0.4) is 0 Å². The van der Waals surface area contributed by atoms with Crippen LogP contribution in [0.1, 0.15) is 25.7 Å². The van der Waals surface area contributed by atoms with E-state index in [0.717, 1.165) is 56.8 Å². The highest BCUT2D eigenvalue weighted by Gasteiger charge is 2.29. The lowest BCUT2D eigenvalue weighted by molar-refractivity contribution is -0.110. The van der Waals surface area contributed by atoms with Crippen LogP contribution in [0.2, 0.25) is 0 Å². The molecule has 2 aliphatic heterocycles. The van der Waals surface area contributed by atoms with Crippen LogP contribution in [-0.4, -0.2) is 48.4 Å². The van der Waals surface area contributed by atoms with Crippen molar-refractivity contribution in [2.75, 3.05) is 35.2 Å². The summed E-state index contributed by atoms with van der Waals surface area (Å²) in [6.45, 7) is 1.87. The average molecular weight is 305 g/mol.